The second-order valence-corrected chi connectivity index (χ2v) is 6.34. The van der Waals surface area contributed by atoms with Crippen LogP contribution in [-0.2, 0) is 0 Å². The molecule has 1 heterocycles. The Balaban J connectivity index is 1.75. The fourth-order valence-corrected chi connectivity index (χ4v) is 3.25. The Bertz CT molecular complexity index is 856. The van der Waals surface area contributed by atoms with Crippen molar-refractivity contribution in [3.8, 4) is 17.0 Å². The molecule has 0 spiro atoms. The highest BCUT2D eigenvalue weighted by Gasteiger charge is 2.06. The fraction of sp³-hybridized carbons (Fsp3) is 0.158. The third kappa shape index (κ3) is 3.63. The van der Waals surface area contributed by atoms with Gasteiger partial charge >= 0.3 is 0 Å². The van der Waals surface area contributed by atoms with E-state index in [0.717, 1.165) is 33.3 Å². The molecule has 0 aliphatic carbocycles. The first-order valence-electron chi connectivity index (χ1n) is 7.62. The van der Waals surface area contributed by atoms with Gasteiger partial charge in [0.25, 0.3) is 0 Å². The molecule has 1 aromatic heterocycles. The number of ether oxygens (including phenoxy) is 1. The lowest BCUT2D eigenvalue weighted by Gasteiger charge is -2.09. The molecule has 0 radical (unpaired) electrons. The Morgan fingerprint density at radius 1 is 1.17 bits per heavy atom. The molecule has 122 valence electrons. The van der Waals surface area contributed by atoms with Crippen LogP contribution in [0.5, 0.6) is 5.75 Å². The summed E-state index contributed by atoms with van der Waals surface area (Å²) >= 11 is 1.53. The summed E-state index contributed by atoms with van der Waals surface area (Å²) in [4.78, 5) is 4.55. The predicted molar refractivity (Wildman–Crippen MR) is 101 cm³/mol. The van der Waals surface area contributed by atoms with E-state index in [1.54, 1.807) is 13.3 Å². The molecule has 0 aliphatic heterocycles. The minimum atomic E-state index is 0.758. The normalized spacial score (nSPS) is 11.0. The number of methoxy groups -OCH3 is 1. The Kier molecular flexibility index (Phi) is 4.91. The number of thiazole rings is 1. The lowest BCUT2D eigenvalue weighted by Crippen LogP contribution is -1.97. The first kappa shape index (κ1) is 16.2. The zero-order chi connectivity index (χ0) is 16.9. The van der Waals surface area contributed by atoms with Crippen LogP contribution in [0.3, 0.4) is 0 Å². The van der Waals surface area contributed by atoms with Crippen LogP contribution in [0.4, 0.5) is 5.13 Å². The van der Waals surface area contributed by atoms with Crippen molar-refractivity contribution < 1.29 is 4.74 Å². The van der Waals surface area contributed by atoms with Crippen molar-refractivity contribution >= 4 is 22.7 Å². The van der Waals surface area contributed by atoms with E-state index in [9.17, 15) is 0 Å². The Morgan fingerprint density at radius 2 is 1.96 bits per heavy atom. The molecule has 1 N–H and O–H groups in total. The number of hydrogen-bond acceptors (Lipinski definition) is 5. The van der Waals surface area contributed by atoms with Crippen LogP contribution in [0.25, 0.3) is 11.3 Å². The zero-order valence-corrected chi connectivity index (χ0v) is 14.7. The maximum absolute atomic E-state index is 5.46. The average Bonchev–Trinajstić information content (AvgIpc) is 3.04. The molecule has 5 heteroatoms. The number of aromatic nitrogens is 1. The van der Waals surface area contributed by atoms with Crippen LogP contribution < -0.4 is 10.2 Å². The highest BCUT2D eigenvalue weighted by Crippen LogP contribution is 2.25. The van der Waals surface area contributed by atoms with Crippen molar-refractivity contribution in [2.75, 3.05) is 12.5 Å². The highest BCUT2D eigenvalue weighted by atomic mass is 32.1. The summed E-state index contributed by atoms with van der Waals surface area (Å²) in [5, 5.41) is 7.08. The minimum absolute atomic E-state index is 0.758. The predicted octanol–water partition coefficient (Wildman–Crippen LogP) is 4.88. The Hall–Kier alpha value is -2.66. The van der Waals surface area contributed by atoms with Crippen LogP contribution in [0.15, 0.2) is 52.9 Å². The van der Waals surface area contributed by atoms with Gasteiger partial charge in [-0.05, 0) is 31.0 Å². The molecular weight excluding hydrogens is 318 g/mol. The number of hydrazone groups is 1. The van der Waals surface area contributed by atoms with Crippen LogP contribution >= 0.6 is 11.3 Å². The van der Waals surface area contributed by atoms with Crippen LogP contribution in [0.2, 0.25) is 0 Å². The van der Waals surface area contributed by atoms with Crippen molar-refractivity contribution in [3.63, 3.8) is 0 Å². The number of hydrogen-bond donors (Lipinski definition) is 1. The molecule has 0 fully saturated rings. The molecule has 0 bridgehead atoms. The van der Waals surface area contributed by atoms with Gasteiger partial charge in [0.15, 0.2) is 0 Å². The van der Waals surface area contributed by atoms with Crippen molar-refractivity contribution in [2.24, 2.45) is 5.10 Å². The monoisotopic (exact) mass is 337 g/mol. The first-order chi connectivity index (χ1) is 11.7. The lowest BCUT2D eigenvalue weighted by atomic mass is 10.1. The van der Waals surface area contributed by atoms with E-state index < -0.39 is 0 Å². The average molecular weight is 337 g/mol. The summed E-state index contributed by atoms with van der Waals surface area (Å²) in [6.07, 6.45) is 1.77. The van der Waals surface area contributed by atoms with E-state index in [1.165, 1.54) is 16.9 Å². The number of anilines is 1. The van der Waals surface area contributed by atoms with Gasteiger partial charge in [-0.3, -0.25) is 5.43 Å². The maximum Gasteiger partial charge on any atom is 0.203 e. The number of rotatable bonds is 5. The number of aryl methyl sites for hydroxylation is 2. The van der Waals surface area contributed by atoms with Gasteiger partial charge in [0, 0.05) is 16.5 Å². The molecule has 4 nitrogen and oxygen atoms in total. The number of benzene rings is 2. The van der Waals surface area contributed by atoms with E-state index in [4.69, 9.17) is 4.74 Å². The largest absolute Gasteiger partial charge is 0.496 e. The minimum Gasteiger partial charge on any atom is -0.496 e. The van der Waals surface area contributed by atoms with Gasteiger partial charge in [-0.2, -0.15) is 5.10 Å². The van der Waals surface area contributed by atoms with Crippen molar-refractivity contribution in [3.05, 3.63) is 64.5 Å². The second kappa shape index (κ2) is 7.27. The fourth-order valence-electron chi connectivity index (χ4n) is 2.59. The first-order valence-corrected chi connectivity index (χ1v) is 8.50. The van der Waals surface area contributed by atoms with Crippen LogP contribution in [-0.4, -0.2) is 18.3 Å². The summed E-state index contributed by atoms with van der Waals surface area (Å²) in [6, 6.07) is 14.2. The summed E-state index contributed by atoms with van der Waals surface area (Å²) < 4.78 is 5.46. The second-order valence-electron chi connectivity index (χ2n) is 5.48. The third-order valence-corrected chi connectivity index (χ3v) is 4.34. The van der Waals surface area contributed by atoms with E-state index >= 15 is 0 Å². The van der Waals surface area contributed by atoms with Crippen LogP contribution in [0, 0.1) is 13.8 Å². The molecule has 0 amide bonds. The van der Waals surface area contributed by atoms with Gasteiger partial charge < -0.3 is 4.74 Å². The lowest BCUT2D eigenvalue weighted by molar-refractivity contribution is 0.411. The van der Waals surface area contributed by atoms with Crippen molar-refractivity contribution in [1.29, 1.82) is 0 Å². The highest BCUT2D eigenvalue weighted by molar-refractivity contribution is 7.14. The quantitative estimate of drug-likeness (QED) is 0.533. The van der Waals surface area contributed by atoms with Gasteiger partial charge in [-0.25, -0.2) is 4.98 Å². The van der Waals surface area contributed by atoms with E-state index in [-0.39, 0.29) is 0 Å². The topological polar surface area (TPSA) is 46.5 Å². The van der Waals surface area contributed by atoms with Crippen molar-refractivity contribution in [2.45, 2.75) is 13.8 Å². The molecule has 2 aromatic carbocycles. The molecule has 3 rings (SSSR count). The molecule has 0 unspecified atom stereocenters. The van der Waals surface area contributed by atoms with Gasteiger partial charge in [0.2, 0.25) is 5.13 Å². The third-order valence-electron chi connectivity index (χ3n) is 3.59. The van der Waals surface area contributed by atoms with Gasteiger partial charge in [0.1, 0.15) is 5.75 Å². The summed E-state index contributed by atoms with van der Waals surface area (Å²) in [7, 11) is 1.68. The van der Waals surface area contributed by atoms with E-state index in [2.05, 4.69) is 28.5 Å². The molecular formula is C19H19N3OS. The summed E-state index contributed by atoms with van der Waals surface area (Å²) in [6.45, 7) is 4.09. The van der Waals surface area contributed by atoms with Gasteiger partial charge in [0.05, 0.1) is 19.0 Å². The van der Waals surface area contributed by atoms with Crippen molar-refractivity contribution in [1.82, 2.24) is 4.98 Å². The number of nitrogens with zero attached hydrogens (tertiary/aromatic N) is 2. The standard InChI is InChI=1S/C19H19N3OS/c1-13-9-14(2)18(23-3)16(10-13)11-20-22-19-21-17(12-24-19)15-7-5-4-6-8-15/h4-12H,1-3H3,(H,21,22). The molecule has 0 saturated heterocycles. The van der Waals surface area contributed by atoms with Gasteiger partial charge in [-0.1, -0.05) is 36.4 Å². The van der Waals surface area contributed by atoms with E-state index in [1.807, 2.05) is 48.7 Å². The Morgan fingerprint density at radius 3 is 2.71 bits per heavy atom. The van der Waals surface area contributed by atoms with Gasteiger partial charge in [-0.15, -0.1) is 11.3 Å². The summed E-state index contributed by atoms with van der Waals surface area (Å²) in [5.41, 5.74) is 8.26. The Labute approximate surface area is 145 Å². The van der Waals surface area contributed by atoms with E-state index in [0.29, 0.717) is 0 Å². The zero-order valence-electron chi connectivity index (χ0n) is 13.9. The number of nitrogens with one attached hydrogen (secondary N) is 1. The SMILES string of the molecule is COc1c(C)cc(C)cc1C=NNc1nc(-c2ccccc2)cs1. The molecule has 0 atom stereocenters. The van der Waals surface area contributed by atoms with Crippen LogP contribution in [0.1, 0.15) is 16.7 Å². The maximum atomic E-state index is 5.46. The molecule has 3 aromatic rings. The molecule has 0 saturated carbocycles. The molecule has 0 aliphatic rings. The smallest absolute Gasteiger partial charge is 0.203 e. The molecule has 24 heavy (non-hydrogen) atoms. The summed E-state index contributed by atoms with van der Waals surface area (Å²) in [5.74, 6) is 0.843.